The molecule has 8 nitrogen and oxygen atoms in total. The highest BCUT2D eigenvalue weighted by Crippen LogP contribution is 2.37. The van der Waals surface area contributed by atoms with Crippen LogP contribution in [-0.4, -0.2) is 58.5 Å². The smallest absolute Gasteiger partial charge is 0.322 e. The largest absolute Gasteiger partial charge is 0.356 e. The predicted molar refractivity (Wildman–Crippen MR) is 121 cm³/mol. The van der Waals surface area contributed by atoms with Crippen molar-refractivity contribution in [3.05, 3.63) is 16.3 Å². The van der Waals surface area contributed by atoms with Gasteiger partial charge in [-0.15, -0.1) is 11.3 Å². The monoisotopic (exact) mass is 442 g/mol. The molecule has 9 heteroatoms. The summed E-state index contributed by atoms with van der Waals surface area (Å²) in [7, 11) is 0. The Morgan fingerprint density at radius 2 is 1.81 bits per heavy atom. The van der Waals surface area contributed by atoms with Gasteiger partial charge >= 0.3 is 6.03 Å². The number of thiophene rings is 1. The zero-order valence-corrected chi connectivity index (χ0v) is 19.3. The van der Waals surface area contributed by atoms with E-state index in [1.54, 1.807) is 11.3 Å². The Hall–Kier alpha value is -2.26. The van der Waals surface area contributed by atoms with Crippen molar-refractivity contribution in [3.63, 3.8) is 0 Å². The zero-order chi connectivity index (χ0) is 21.8. The summed E-state index contributed by atoms with van der Waals surface area (Å²) in [6, 6.07) is -0.384. The van der Waals surface area contributed by atoms with Gasteiger partial charge in [0.05, 0.1) is 11.9 Å². The van der Waals surface area contributed by atoms with Crippen LogP contribution in [0.2, 0.25) is 0 Å². The maximum absolute atomic E-state index is 12.3. The Bertz CT molecular complexity index is 1030. The molecule has 0 aliphatic carbocycles. The van der Waals surface area contributed by atoms with Crippen LogP contribution >= 0.6 is 11.3 Å². The van der Waals surface area contributed by atoms with Gasteiger partial charge in [0.2, 0.25) is 0 Å². The molecule has 2 aromatic rings. The van der Waals surface area contributed by atoms with E-state index in [-0.39, 0.29) is 11.9 Å². The van der Waals surface area contributed by atoms with Gasteiger partial charge in [-0.25, -0.2) is 14.8 Å². The van der Waals surface area contributed by atoms with Crippen LogP contribution in [0, 0.1) is 19.8 Å². The van der Waals surface area contributed by atoms with Crippen molar-refractivity contribution in [2.24, 2.45) is 5.92 Å². The molecule has 3 fully saturated rings. The number of nitrogens with zero attached hydrogens (tertiary/aromatic N) is 4. The summed E-state index contributed by atoms with van der Waals surface area (Å²) >= 11 is 1.74. The molecule has 166 valence electrons. The molecule has 5 heterocycles. The fraction of sp³-hybridized carbons (Fsp3) is 0.636. The van der Waals surface area contributed by atoms with E-state index in [1.807, 2.05) is 0 Å². The zero-order valence-electron chi connectivity index (χ0n) is 18.5. The number of hydrogen-bond acceptors (Lipinski definition) is 7. The number of piperidine rings is 2. The number of amides is 3. The number of carbonyl (C=O) groups is 2. The third-order valence-electron chi connectivity index (χ3n) is 7.23. The van der Waals surface area contributed by atoms with Crippen molar-refractivity contribution >= 4 is 39.3 Å². The lowest BCUT2D eigenvalue weighted by Crippen LogP contribution is -2.55. The molecule has 2 N–H and O–H groups in total. The first-order valence-electron chi connectivity index (χ1n) is 11.2. The summed E-state index contributed by atoms with van der Waals surface area (Å²) in [4.78, 5) is 41.0. The molecule has 3 saturated heterocycles. The number of anilines is 1. The SMILES string of the molecule is Cc1sc2nc(CN3CCC(C)CC3)nc(N3CCC4(CC3)NC(=O)NC4=O)c2c1C. The molecule has 1 spiro atoms. The number of carbonyl (C=O) groups excluding carboxylic acids is 2. The molecular weight excluding hydrogens is 412 g/mol. The van der Waals surface area contributed by atoms with Gasteiger partial charge in [-0.2, -0.15) is 0 Å². The minimum Gasteiger partial charge on any atom is -0.356 e. The first kappa shape index (κ1) is 20.6. The Morgan fingerprint density at radius 3 is 2.45 bits per heavy atom. The van der Waals surface area contributed by atoms with Crippen LogP contribution in [-0.2, 0) is 11.3 Å². The van der Waals surface area contributed by atoms with Crippen LogP contribution in [0.25, 0.3) is 10.2 Å². The quantitative estimate of drug-likeness (QED) is 0.711. The first-order valence-corrected chi connectivity index (χ1v) is 12.0. The minimum absolute atomic E-state index is 0.201. The average molecular weight is 443 g/mol. The fourth-order valence-corrected chi connectivity index (χ4v) is 6.01. The fourth-order valence-electron chi connectivity index (χ4n) is 4.97. The lowest BCUT2D eigenvalue weighted by molar-refractivity contribution is -0.124. The van der Waals surface area contributed by atoms with Gasteiger partial charge in [-0.05, 0) is 64.1 Å². The number of rotatable bonds is 3. The molecule has 31 heavy (non-hydrogen) atoms. The molecule has 0 aromatic carbocycles. The normalized spacial score (nSPS) is 22.4. The van der Waals surface area contributed by atoms with Crippen LogP contribution in [0.4, 0.5) is 10.6 Å². The Labute approximate surface area is 186 Å². The van der Waals surface area contributed by atoms with Crippen molar-refractivity contribution < 1.29 is 9.59 Å². The number of likely N-dealkylation sites (tertiary alicyclic amines) is 1. The average Bonchev–Trinajstić information content (AvgIpc) is 3.18. The van der Waals surface area contributed by atoms with Crippen molar-refractivity contribution in [2.45, 2.75) is 58.5 Å². The van der Waals surface area contributed by atoms with Crippen LogP contribution in [0.1, 0.15) is 48.9 Å². The molecule has 0 radical (unpaired) electrons. The van der Waals surface area contributed by atoms with E-state index in [1.165, 1.54) is 23.3 Å². The third-order valence-corrected chi connectivity index (χ3v) is 8.33. The maximum atomic E-state index is 12.3. The summed E-state index contributed by atoms with van der Waals surface area (Å²) in [5.74, 6) is 2.46. The van der Waals surface area contributed by atoms with Crippen LogP contribution in [0.3, 0.4) is 0 Å². The Morgan fingerprint density at radius 1 is 1.10 bits per heavy atom. The molecule has 3 aliphatic heterocycles. The van der Waals surface area contributed by atoms with E-state index in [2.05, 4.69) is 41.2 Å². The van der Waals surface area contributed by atoms with E-state index in [0.29, 0.717) is 25.9 Å². The molecule has 0 atom stereocenters. The van der Waals surface area contributed by atoms with Gasteiger partial charge in [-0.3, -0.25) is 15.0 Å². The molecule has 5 rings (SSSR count). The summed E-state index contributed by atoms with van der Waals surface area (Å²) in [5.41, 5.74) is 0.465. The summed E-state index contributed by atoms with van der Waals surface area (Å²) < 4.78 is 0. The summed E-state index contributed by atoms with van der Waals surface area (Å²) in [5, 5.41) is 6.38. The van der Waals surface area contributed by atoms with Gasteiger partial charge in [0, 0.05) is 18.0 Å². The van der Waals surface area contributed by atoms with Crippen molar-refractivity contribution in [1.82, 2.24) is 25.5 Å². The Balaban J connectivity index is 1.43. The van der Waals surface area contributed by atoms with E-state index < -0.39 is 5.54 Å². The molecule has 0 saturated carbocycles. The molecule has 0 unspecified atom stereocenters. The second-order valence-corrected chi connectivity index (χ2v) is 10.6. The number of imide groups is 1. The van der Waals surface area contributed by atoms with Gasteiger partial charge in [0.15, 0.2) is 0 Å². The molecule has 3 aliphatic rings. The number of fused-ring (bicyclic) bond motifs is 1. The Kier molecular flexibility index (Phi) is 5.13. The second-order valence-electron chi connectivity index (χ2n) is 9.36. The van der Waals surface area contributed by atoms with Crippen LogP contribution in [0.15, 0.2) is 0 Å². The minimum atomic E-state index is -0.771. The standard InChI is InChI=1S/C22H30N6O2S/c1-13-4-8-27(9-5-13)12-16-23-18(17-14(2)15(3)31-19(17)24-16)28-10-6-22(7-11-28)20(29)25-21(30)26-22/h13H,4-12H2,1-3H3,(H2,25,26,29,30). The van der Waals surface area contributed by atoms with E-state index in [4.69, 9.17) is 9.97 Å². The van der Waals surface area contributed by atoms with Gasteiger partial charge in [-0.1, -0.05) is 6.92 Å². The van der Waals surface area contributed by atoms with Crippen molar-refractivity contribution in [3.8, 4) is 0 Å². The molecular formula is C22H30N6O2S. The van der Waals surface area contributed by atoms with Crippen LogP contribution < -0.4 is 15.5 Å². The highest BCUT2D eigenvalue weighted by Gasteiger charge is 2.48. The number of urea groups is 1. The van der Waals surface area contributed by atoms with E-state index in [0.717, 1.165) is 47.4 Å². The lowest BCUT2D eigenvalue weighted by atomic mass is 9.87. The molecule has 2 aromatic heterocycles. The third kappa shape index (κ3) is 3.67. The van der Waals surface area contributed by atoms with Gasteiger partial charge in [0.1, 0.15) is 22.0 Å². The topological polar surface area (TPSA) is 90.5 Å². The number of nitrogens with one attached hydrogen (secondary N) is 2. The highest BCUT2D eigenvalue weighted by molar-refractivity contribution is 7.18. The van der Waals surface area contributed by atoms with Crippen LogP contribution in [0.5, 0.6) is 0 Å². The maximum Gasteiger partial charge on any atom is 0.322 e. The van der Waals surface area contributed by atoms with Crippen molar-refractivity contribution in [2.75, 3.05) is 31.1 Å². The number of hydrogen-bond donors (Lipinski definition) is 2. The second kappa shape index (κ2) is 7.70. The lowest BCUT2D eigenvalue weighted by Gasteiger charge is -2.38. The van der Waals surface area contributed by atoms with Gasteiger partial charge in [0.25, 0.3) is 5.91 Å². The van der Waals surface area contributed by atoms with Gasteiger partial charge < -0.3 is 10.2 Å². The van der Waals surface area contributed by atoms with E-state index >= 15 is 0 Å². The summed E-state index contributed by atoms with van der Waals surface area (Å²) in [6.45, 7) is 10.9. The predicted octanol–water partition coefficient (Wildman–Crippen LogP) is 2.72. The van der Waals surface area contributed by atoms with E-state index in [9.17, 15) is 9.59 Å². The molecule has 3 amide bonds. The number of aryl methyl sites for hydroxylation is 2. The molecule has 0 bridgehead atoms. The first-order chi connectivity index (χ1) is 14.8. The van der Waals surface area contributed by atoms with Crippen molar-refractivity contribution in [1.29, 1.82) is 0 Å². The number of aromatic nitrogens is 2. The highest BCUT2D eigenvalue weighted by atomic mass is 32.1. The summed E-state index contributed by atoms with van der Waals surface area (Å²) in [6.07, 6.45) is 3.62.